The molecule has 0 spiro atoms. The maximum Gasteiger partial charge on any atom is 0.332 e. The van der Waals surface area contributed by atoms with Crippen LogP contribution in [0.4, 0.5) is 10.5 Å². The van der Waals surface area contributed by atoms with Crippen molar-refractivity contribution >= 4 is 33.5 Å². The first-order chi connectivity index (χ1) is 14.5. The molecule has 3 aliphatic rings. The van der Waals surface area contributed by atoms with Gasteiger partial charge in [0.05, 0.1) is 5.69 Å². The first-order valence-electron chi connectivity index (χ1n) is 9.83. The van der Waals surface area contributed by atoms with E-state index in [0.717, 1.165) is 0 Å². The number of amides is 3. The van der Waals surface area contributed by atoms with Gasteiger partial charge in [-0.05, 0) is 37.1 Å². The minimum absolute atomic E-state index is 0.0660. The molecule has 0 unspecified atom stereocenters. The predicted octanol–water partition coefficient (Wildman–Crippen LogP) is 2.07. The highest BCUT2D eigenvalue weighted by Crippen LogP contribution is 2.31. The molecule has 9 heteroatoms. The molecule has 0 atom stereocenters. The Morgan fingerprint density at radius 1 is 0.900 bits per heavy atom. The van der Waals surface area contributed by atoms with E-state index in [4.69, 9.17) is 0 Å². The molecule has 3 amide bonds. The van der Waals surface area contributed by atoms with Crippen LogP contribution in [0.5, 0.6) is 0 Å². The standard InChI is InChI=1S/C21H20N4O4S/c26-19-14-24(21(27)25(19)16-6-2-1-3-7-16)15-10-12-23(13-11-15)20-17-8-4-5-9-18(17)30(28,29)22-20/h1-9,15H,10-14H2. The average molecular weight is 424 g/mol. The number of rotatable bonds is 2. The van der Waals surface area contributed by atoms with Crippen molar-refractivity contribution in [1.82, 2.24) is 9.80 Å². The van der Waals surface area contributed by atoms with Crippen LogP contribution in [0.3, 0.4) is 0 Å². The summed E-state index contributed by atoms with van der Waals surface area (Å²) in [6, 6.07) is 15.4. The Morgan fingerprint density at radius 3 is 2.30 bits per heavy atom. The number of sulfonamides is 1. The number of benzene rings is 2. The second kappa shape index (κ2) is 6.94. The number of anilines is 1. The molecular formula is C21H20N4O4S. The van der Waals surface area contributed by atoms with Crippen LogP contribution in [-0.4, -0.2) is 61.7 Å². The molecule has 2 fully saturated rings. The van der Waals surface area contributed by atoms with Gasteiger partial charge in [-0.2, -0.15) is 8.42 Å². The van der Waals surface area contributed by atoms with E-state index in [9.17, 15) is 18.0 Å². The molecular weight excluding hydrogens is 404 g/mol. The van der Waals surface area contributed by atoms with Crippen molar-refractivity contribution in [3.63, 3.8) is 0 Å². The molecule has 2 saturated heterocycles. The first-order valence-corrected chi connectivity index (χ1v) is 11.3. The summed E-state index contributed by atoms with van der Waals surface area (Å²) in [6.07, 6.45) is 1.28. The Kier molecular flexibility index (Phi) is 4.35. The van der Waals surface area contributed by atoms with E-state index < -0.39 is 10.0 Å². The fraction of sp³-hybridized carbons (Fsp3) is 0.286. The van der Waals surface area contributed by atoms with Gasteiger partial charge in [-0.25, -0.2) is 9.69 Å². The average Bonchev–Trinajstić information content (AvgIpc) is 3.21. The smallest absolute Gasteiger partial charge is 0.332 e. The number of amidine groups is 1. The number of hydrogen-bond acceptors (Lipinski definition) is 5. The summed E-state index contributed by atoms with van der Waals surface area (Å²) in [4.78, 5) is 30.5. The number of piperidine rings is 1. The number of likely N-dealkylation sites (tertiary alicyclic amines) is 1. The SMILES string of the molecule is O=C1CN(C2CCN(C3=NS(=O)(=O)c4ccccc43)CC2)C(=O)N1c1ccccc1. The molecule has 0 radical (unpaired) electrons. The van der Waals surface area contributed by atoms with E-state index >= 15 is 0 Å². The molecule has 2 aromatic rings. The quantitative estimate of drug-likeness (QED) is 0.689. The van der Waals surface area contributed by atoms with Gasteiger partial charge in [-0.15, -0.1) is 4.40 Å². The monoisotopic (exact) mass is 424 g/mol. The second-order valence-electron chi connectivity index (χ2n) is 7.58. The molecule has 8 nitrogen and oxygen atoms in total. The highest BCUT2D eigenvalue weighted by Gasteiger charge is 2.42. The van der Waals surface area contributed by atoms with Crippen molar-refractivity contribution in [2.24, 2.45) is 4.40 Å². The summed E-state index contributed by atoms with van der Waals surface area (Å²) in [6.45, 7) is 1.20. The lowest BCUT2D eigenvalue weighted by atomic mass is 10.0. The Bertz CT molecular complexity index is 1150. The van der Waals surface area contributed by atoms with Crippen LogP contribution in [-0.2, 0) is 14.8 Å². The van der Waals surface area contributed by atoms with Gasteiger partial charge in [0.25, 0.3) is 15.9 Å². The number of urea groups is 1. The summed E-state index contributed by atoms with van der Waals surface area (Å²) in [5.41, 5.74) is 1.20. The molecule has 3 aliphatic heterocycles. The fourth-order valence-corrected chi connectivity index (χ4v) is 5.57. The molecule has 30 heavy (non-hydrogen) atoms. The van der Waals surface area contributed by atoms with E-state index in [0.29, 0.717) is 43.0 Å². The van der Waals surface area contributed by atoms with Crippen molar-refractivity contribution < 1.29 is 18.0 Å². The Morgan fingerprint density at radius 2 is 1.57 bits per heavy atom. The van der Waals surface area contributed by atoms with Gasteiger partial charge in [0.1, 0.15) is 11.4 Å². The third-order valence-electron chi connectivity index (χ3n) is 5.82. The third-order valence-corrected chi connectivity index (χ3v) is 7.15. The van der Waals surface area contributed by atoms with Gasteiger partial charge in [0, 0.05) is 24.7 Å². The number of fused-ring (bicyclic) bond motifs is 1. The number of para-hydroxylation sites is 1. The minimum atomic E-state index is -3.66. The largest absolute Gasteiger partial charge is 0.355 e. The molecule has 5 rings (SSSR count). The normalized spacial score (nSPS) is 21.2. The second-order valence-corrected chi connectivity index (χ2v) is 9.15. The number of carbonyl (C=O) groups excluding carboxylic acids is 2. The Balaban J connectivity index is 1.31. The fourth-order valence-electron chi connectivity index (χ4n) is 4.34. The molecule has 3 heterocycles. The van der Waals surface area contributed by atoms with Crippen LogP contribution in [0.15, 0.2) is 63.9 Å². The topological polar surface area (TPSA) is 90.4 Å². The van der Waals surface area contributed by atoms with E-state index in [1.807, 2.05) is 11.0 Å². The summed E-state index contributed by atoms with van der Waals surface area (Å²) < 4.78 is 28.6. The van der Waals surface area contributed by atoms with Crippen molar-refractivity contribution in [1.29, 1.82) is 0 Å². The summed E-state index contributed by atoms with van der Waals surface area (Å²) in [7, 11) is -3.66. The zero-order valence-electron chi connectivity index (χ0n) is 16.1. The maximum absolute atomic E-state index is 12.9. The highest BCUT2D eigenvalue weighted by molar-refractivity contribution is 7.90. The van der Waals surface area contributed by atoms with Crippen LogP contribution in [0.2, 0.25) is 0 Å². The Hall–Kier alpha value is -3.20. The summed E-state index contributed by atoms with van der Waals surface area (Å²) in [5, 5.41) is 0. The van der Waals surface area contributed by atoms with E-state index in [-0.39, 0.29) is 29.4 Å². The zero-order valence-corrected chi connectivity index (χ0v) is 17.0. The van der Waals surface area contributed by atoms with Crippen LogP contribution in [0, 0.1) is 0 Å². The van der Waals surface area contributed by atoms with Gasteiger partial charge in [-0.1, -0.05) is 30.3 Å². The van der Waals surface area contributed by atoms with Crippen molar-refractivity contribution in [2.45, 2.75) is 23.8 Å². The van der Waals surface area contributed by atoms with Crippen LogP contribution >= 0.6 is 0 Å². The molecule has 0 saturated carbocycles. The number of hydrogen-bond donors (Lipinski definition) is 0. The number of imide groups is 1. The van der Waals surface area contributed by atoms with Gasteiger partial charge >= 0.3 is 6.03 Å². The van der Waals surface area contributed by atoms with Crippen LogP contribution in [0.25, 0.3) is 0 Å². The molecule has 0 N–H and O–H groups in total. The molecule has 0 aliphatic carbocycles. The van der Waals surface area contributed by atoms with Gasteiger partial charge < -0.3 is 9.80 Å². The third kappa shape index (κ3) is 2.97. The van der Waals surface area contributed by atoms with Crippen LogP contribution in [0.1, 0.15) is 18.4 Å². The predicted molar refractivity (Wildman–Crippen MR) is 111 cm³/mol. The van der Waals surface area contributed by atoms with E-state index in [1.54, 1.807) is 53.4 Å². The highest BCUT2D eigenvalue weighted by atomic mass is 32.2. The lowest BCUT2D eigenvalue weighted by Gasteiger charge is -2.37. The molecule has 0 aromatic heterocycles. The lowest BCUT2D eigenvalue weighted by molar-refractivity contribution is -0.116. The Labute approximate surface area is 174 Å². The molecule has 2 aromatic carbocycles. The van der Waals surface area contributed by atoms with Crippen molar-refractivity contribution in [3.8, 4) is 0 Å². The number of carbonyl (C=O) groups is 2. The summed E-state index contributed by atoms with van der Waals surface area (Å²) >= 11 is 0. The van der Waals surface area contributed by atoms with E-state index in [1.165, 1.54) is 4.90 Å². The molecule has 0 bridgehead atoms. The first kappa shape index (κ1) is 18.8. The van der Waals surface area contributed by atoms with E-state index in [2.05, 4.69) is 4.40 Å². The number of nitrogens with zero attached hydrogens (tertiary/aromatic N) is 4. The van der Waals surface area contributed by atoms with Gasteiger partial charge in [0.2, 0.25) is 0 Å². The van der Waals surface area contributed by atoms with Crippen molar-refractivity contribution in [2.75, 3.05) is 24.5 Å². The van der Waals surface area contributed by atoms with Gasteiger partial charge in [-0.3, -0.25) is 4.79 Å². The van der Waals surface area contributed by atoms with Crippen molar-refractivity contribution in [3.05, 3.63) is 60.2 Å². The van der Waals surface area contributed by atoms with Crippen LogP contribution < -0.4 is 4.90 Å². The zero-order chi connectivity index (χ0) is 20.9. The molecule has 154 valence electrons. The lowest BCUT2D eigenvalue weighted by Crippen LogP contribution is -2.48. The van der Waals surface area contributed by atoms with Gasteiger partial charge in [0.15, 0.2) is 5.84 Å². The maximum atomic E-state index is 12.9. The minimum Gasteiger partial charge on any atom is -0.355 e. The summed E-state index contributed by atoms with van der Waals surface area (Å²) in [5.74, 6) is 0.243.